The number of benzene rings is 2. The number of hydrogen-bond donors (Lipinski definition) is 1. The van der Waals surface area contributed by atoms with Gasteiger partial charge in [-0.05, 0) is 36.1 Å². The molecule has 0 fully saturated rings. The van der Waals surface area contributed by atoms with E-state index in [-0.39, 0.29) is 5.71 Å². The second-order valence-corrected chi connectivity index (χ2v) is 5.01. The average molecular weight is 313 g/mol. The molecule has 5 heteroatoms. The van der Waals surface area contributed by atoms with E-state index in [4.69, 9.17) is 4.74 Å². The van der Waals surface area contributed by atoms with E-state index in [0.717, 1.165) is 22.4 Å². The van der Waals surface area contributed by atoms with E-state index in [1.165, 1.54) is 7.11 Å². The molecule has 0 radical (unpaired) electrons. The Morgan fingerprint density at radius 3 is 2.43 bits per heavy atom. The predicted octanol–water partition coefficient (Wildman–Crippen LogP) is 3.03. The smallest absolute Gasteiger partial charge is 0.358 e. The Labute approximate surface area is 135 Å². The number of oxime groups is 1. The summed E-state index contributed by atoms with van der Waals surface area (Å²) in [5.74, 6) is -0.314. The highest BCUT2D eigenvalue weighted by Gasteiger charge is 2.18. The zero-order valence-corrected chi connectivity index (χ0v) is 13.4. The largest absolute Gasteiger partial charge is 0.496 e. The van der Waals surface area contributed by atoms with Gasteiger partial charge in [-0.15, -0.1) is 0 Å². The minimum atomic E-state index is -1.12. The molecule has 0 bridgehead atoms. The monoisotopic (exact) mass is 313 g/mol. The third-order valence-corrected chi connectivity index (χ3v) is 3.65. The van der Waals surface area contributed by atoms with Crippen LogP contribution in [0.2, 0.25) is 0 Å². The van der Waals surface area contributed by atoms with Crippen LogP contribution in [0.3, 0.4) is 0 Å². The van der Waals surface area contributed by atoms with Crippen molar-refractivity contribution in [3.63, 3.8) is 0 Å². The molecule has 0 unspecified atom stereocenters. The number of nitrogens with zero attached hydrogens (tertiary/aromatic N) is 1. The van der Waals surface area contributed by atoms with E-state index in [1.54, 1.807) is 19.2 Å². The fourth-order valence-corrected chi connectivity index (χ4v) is 2.48. The quantitative estimate of drug-likeness (QED) is 0.657. The molecule has 0 aliphatic rings. The van der Waals surface area contributed by atoms with Crippen LogP contribution in [0.15, 0.2) is 47.6 Å². The lowest BCUT2D eigenvalue weighted by molar-refractivity contribution is -0.129. The van der Waals surface area contributed by atoms with Gasteiger partial charge < -0.3 is 14.7 Å². The summed E-state index contributed by atoms with van der Waals surface area (Å²) < 4.78 is 5.34. The molecular weight excluding hydrogens is 294 g/mol. The summed E-state index contributed by atoms with van der Waals surface area (Å²) in [6, 6.07) is 13.1. The van der Waals surface area contributed by atoms with Crippen LogP contribution in [0.5, 0.6) is 5.75 Å². The van der Waals surface area contributed by atoms with Crippen LogP contribution in [0.4, 0.5) is 0 Å². The first kappa shape index (κ1) is 16.5. The van der Waals surface area contributed by atoms with Crippen LogP contribution in [-0.4, -0.2) is 31.0 Å². The van der Waals surface area contributed by atoms with Crippen molar-refractivity contribution in [3.8, 4) is 5.75 Å². The lowest BCUT2D eigenvalue weighted by Gasteiger charge is -2.13. The predicted molar refractivity (Wildman–Crippen MR) is 88.2 cm³/mol. The summed E-state index contributed by atoms with van der Waals surface area (Å²) in [4.78, 5) is 16.1. The third-order valence-electron chi connectivity index (χ3n) is 3.65. The Hall–Kier alpha value is -2.82. The molecule has 2 rings (SSSR count). The first-order chi connectivity index (χ1) is 11.1. The van der Waals surface area contributed by atoms with Gasteiger partial charge in [0.1, 0.15) is 12.9 Å². The van der Waals surface area contributed by atoms with Crippen LogP contribution >= 0.6 is 0 Å². The number of rotatable bonds is 6. The second kappa shape index (κ2) is 7.45. The Kier molecular flexibility index (Phi) is 5.36. The molecule has 2 aromatic carbocycles. The molecule has 0 atom stereocenters. The topological polar surface area (TPSA) is 68.1 Å². The lowest BCUT2D eigenvalue weighted by atomic mass is 9.94. The molecule has 2 aromatic rings. The fraction of sp³-hybridized carbons (Fsp3) is 0.222. The Morgan fingerprint density at radius 1 is 1.09 bits per heavy atom. The van der Waals surface area contributed by atoms with Gasteiger partial charge in [0.2, 0.25) is 0 Å². The van der Waals surface area contributed by atoms with Crippen LogP contribution in [0.1, 0.15) is 22.3 Å². The first-order valence-electron chi connectivity index (χ1n) is 7.13. The van der Waals surface area contributed by atoms with Crippen molar-refractivity contribution in [2.24, 2.45) is 5.16 Å². The van der Waals surface area contributed by atoms with Gasteiger partial charge >= 0.3 is 5.97 Å². The molecule has 0 amide bonds. The molecule has 0 aliphatic heterocycles. The van der Waals surface area contributed by atoms with E-state index in [2.05, 4.69) is 9.99 Å². The Balaban J connectivity index is 2.46. The molecule has 1 N–H and O–H groups in total. The molecular formula is C18H19NO4. The molecule has 0 saturated heterocycles. The Bertz CT molecular complexity index is 738. The summed E-state index contributed by atoms with van der Waals surface area (Å²) in [7, 11) is 2.96. The lowest BCUT2D eigenvalue weighted by Crippen LogP contribution is -2.17. The van der Waals surface area contributed by atoms with E-state index >= 15 is 0 Å². The van der Waals surface area contributed by atoms with Gasteiger partial charge in [-0.25, -0.2) is 4.79 Å². The number of methoxy groups -OCH3 is 1. The minimum Gasteiger partial charge on any atom is -0.496 e. The molecule has 5 nitrogen and oxygen atoms in total. The summed E-state index contributed by atoms with van der Waals surface area (Å²) in [6.07, 6.45) is 0.579. The molecule has 0 aromatic heterocycles. The van der Waals surface area contributed by atoms with Gasteiger partial charge in [-0.1, -0.05) is 41.6 Å². The fourth-order valence-electron chi connectivity index (χ4n) is 2.48. The van der Waals surface area contributed by atoms with E-state index in [9.17, 15) is 9.90 Å². The SMILES string of the molecule is CO/N=C(/C(=O)O)c1ccccc1Cc1cccc(OC)c1C. The maximum absolute atomic E-state index is 11.4. The van der Waals surface area contributed by atoms with Gasteiger partial charge in [-0.3, -0.25) is 0 Å². The van der Waals surface area contributed by atoms with Gasteiger partial charge in [0.15, 0.2) is 5.71 Å². The maximum atomic E-state index is 11.4. The van der Waals surface area contributed by atoms with Crippen LogP contribution in [-0.2, 0) is 16.1 Å². The van der Waals surface area contributed by atoms with Crippen molar-refractivity contribution in [3.05, 3.63) is 64.7 Å². The number of aliphatic carboxylic acids is 1. The van der Waals surface area contributed by atoms with Crippen molar-refractivity contribution < 1.29 is 19.5 Å². The highest BCUT2D eigenvalue weighted by molar-refractivity contribution is 6.42. The molecule has 0 heterocycles. The number of carboxylic acid groups (broad SMARTS) is 1. The van der Waals surface area contributed by atoms with Gasteiger partial charge in [0, 0.05) is 5.56 Å². The number of hydrogen-bond acceptors (Lipinski definition) is 4. The minimum absolute atomic E-state index is 0.108. The summed E-state index contributed by atoms with van der Waals surface area (Å²) >= 11 is 0. The zero-order chi connectivity index (χ0) is 16.8. The van der Waals surface area contributed by atoms with E-state index in [0.29, 0.717) is 12.0 Å². The van der Waals surface area contributed by atoms with E-state index < -0.39 is 5.97 Å². The summed E-state index contributed by atoms with van der Waals surface area (Å²) in [6.45, 7) is 1.98. The number of ether oxygens (including phenoxy) is 1. The summed E-state index contributed by atoms with van der Waals surface area (Å²) in [5.41, 5.74) is 3.40. The normalized spacial score (nSPS) is 11.2. The molecule has 0 saturated carbocycles. The molecule has 0 spiro atoms. The molecule has 120 valence electrons. The van der Waals surface area contributed by atoms with Crippen molar-refractivity contribution in [1.29, 1.82) is 0 Å². The average Bonchev–Trinajstić information content (AvgIpc) is 2.55. The Morgan fingerprint density at radius 2 is 1.78 bits per heavy atom. The zero-order valence-electron chi connectivity index (χ0n) is 13.4. The standard InChI is InChI=1S/C18H19NO4/c1-12-13(8-6-10-16(12)22-2)11-14-7-4-5-9-15(14)17(18(20)21)19-23-3/h4-10H,11H2,1-3H3,(H,20,21)/b19-17+. The van der Waals surface area contributed by atoms with Gasteiger partial charge in [0.25, 0.3) is 0 Å². The maximum Gasteiger partial charge on any atom is 0.358 e. The van der Waals surface area contributed by atoms with Crippen LogP contribution in [0, 0.1) is 6.92 Å². The highest BCUT2D eigenvalue weighted by Crippen LogP contribution is 2.24. The third kappa shape index (κ3) is 3.69. The van der Waals surface area contributed by atoms with Crippen molar-refractivity contribution in [2.75, 3.05) is 14.2 Å². The molecule has 23 heavy (non-hydrogen) atoms. The van der Waals surface area contributed by atoms with Crippen LogP contribution in [0.25, 0.3) is 0 Å². The van der Waals surface area contributed by atoms with Gasteiger partial charge in [-0.2, -0.15) is 0 Å². The van der Waals surface area contributed by atoms with Crippen LogP contribution < -0.4 is 4.74 Å². The summed E-state index contributed by atoms with van der Waals surface area (Å²) in [5, 5.41) is 13.0. The van der Waals surface area contributed by atoms with Crippen molar-refractivity contribution in [2.45, 2.75) is 13.3 Å². The molecule has 0 aliphatic carbocycles. The number of carboxylic acids is 1. The first-order valence-corrected chi connectivity index (χ1v) is 7.13. The second-order valence-electron chi connectivity index (χ2n) is 5.01. The van der Waals surface area contributed by atoms with Gasteiger partial charge in [0.05, 0.1) is 7.11 Å². The van der Waals surface area contributed by atoms with Crippen molar-refractivity contribution >= 4 is 11.7 Å². The number of carbonyl (C=O) groups is 1. The highest BCUT2D eigenvalue weighted by atomic mass is 16.6. The van der Waals surface area contributed by atoms with E-state index in [1.807, 2.05) is 37.3 Å². The van der Waals surface area contributed by atoms with Crippen molar-refractivity contribution in [1.82, 2.24) is 0 Å².